The summed E-state index contributed by atoms with van der Waals surface area (Å²) in [5.74, 6) is -1.08. The van der Waals surface area contributed by atoms with E-state index in [-0.39, 0.29) is 39.3 Å². The summed E-state index contributed by atoms with van der Waals surface area (Å²) in [5, 5.41) is 11.1. The van der Waals surface area contributed by atoms with Crippen LogP contribution in [0.25, 0.3) is 0 Å². The van der Waals surface area contributed by atoms with E-state index in [0.29, 0.717) is 0 Å². The van der Waals surface area contributed by atoms with E-state index in [0.717, 1.165) is 41.2 Å². The SMILES string of the molecule is O=C([O-])CN1/C(=C/C=C/C=C/C2=Nc3ccccc3C2)Cc2ccccc21.[Y]. The molecule has 0 saturated heterocycles. The number of carboxylic acids is 1. The summed E-state index contributed by atoms with van der Waals surface area (Å²) in [6.07, 6.45) is 11.4. The minimum absolute atomic E-state index is 0. The first kappa shape index (κ1) is 20.4. The van der Waals surface area contributed by atoms with Crippen LogP contribution in [0.2, 0.25) is 0 Å². The van der Waals surface area contributed by atoms with Gasteiger partial charge in [0.05, 0.1) is 18.2 Å². The van der Waals surface area contributed by atoms with Crippen molar-refractivity contribution < 1.29 is 42.6 Å². The first-order valence-electron chi connectivity index (χ1n) is 8.95. The first-order chi connectivity index (χ1) is 13.2. The average molecular weight is 444 g/mol. The van der Waals surface area contributed by atoms with Gasteiger partial charge in [0.15, 0.2) is 0 Å². The zero-order valence-corrected chi connectivity index (χ0v) is 18.3. The normalized spacial score (nSPS) is 16.4. The summed E-state index contributed by atoms with van der Waals surface area (Å²) in [4.78, 5) is 17.5. The first-order valence-corrected chi connectivity index (χ1v) is 8.95. The summed E-state index contributed by atoms with van der Waals surface area (Å²) in [6, 6.07) is 16.0. The van der Waals surface area contributed by atoms with Crippen LogP contribution in [0.1, 0.15) is 11.1 Å². The second-order valence-corrected chi connectivity index (χ2v) is 6.57. The Morgan fingerprint density at radius 1 is 1.00 bits per heavy atom. The third-order valence-electron chi connectivity index (χ3n) is 4.71. The van der Waals surface area contributed by atoms with Crippen LogP contribution >= 0.6 is 0 Å². The van der Waals surface area contributed by atoms with E-state index < -0.39 is 5.97 Å². The molecule has 137 valence electrons. The van der Waals surface area contributed by atoms with Gasteiger partial charge in [0.1, 0.15) is 0 Å². The molecule has 0 saturated carbocycles. The molecule has 4 rings (SSSR count). The van der Waals surface area contributed by atoms with Crippen LogP contribution in [0.5, 0.6) is 0 Å². The summed E-state index contributed by atoms with van der Waals surface area (Å²) < 4.78 is 0. The van der Waals surface area contributed by atoms with Gasteiger partial charge < -0.3 is 14.8 Å². The Bertz CT molecular complexity index is 1010. The predicted molar refractivity (Wildman–Crippen MR) is 106 cm³/mol. The van der Waals surface area contributed by atoms with Gasteiger partial charge in [-0.25, -0.2) is 0 Å². The van der Waals surface area contributed by atoms with Crippen LogP contribution in [0.4, 0.5) is 11.4 Å². The average Bonchev–Trinajstić information content (AvgIpc) is 3.22. The maximum absolute atomic E-state index is 11.1. The molecule has 0 amide bonds. The Morgan fingerprint density at radius 2 is 1.75 bits per heavy atom. The molecule has 0 spiro atoms. The smallest absolute Gasteiger partial charge is 0.0669 e. The Balaban J connectivity index is 0.00000225. The molecular formula is C23H19N2O2Y-. The van der Waals surface area contributed by atoms with Crippen LogP contribution in [0.15, 0.2) is 89.6 Å². The van der Waals surface area contributed by atoms with Crippen molar-refractivity contribution in [2.75, 3.05) is 11.4 Å². The van der Waals surface area contributed by atoms with Crippen LogP contribution in [0, 0.1) is 0 Å². The number of aliphatic carboxylic acids is 1. The Kier molecular flexibility index (Phi) is 6.76. The van der Waals surface area contributed by atoms with Crippen LogP contribution < -0.4 is 10.0 Å². The second-order valence-electron chi connectivity index (χ2n) is 6.57. The molecule has 2 aliphatic rings. The maximum atomic E-state index is 11.1. The number of hydrogen-bond donors (Lipinski definition) is 0. The summed E-state index contributed by atoms with van der Waals surface area (Å²) in [7, 11) is 0. The summed E-state index contributed by atoms with van der Waals surface area (Å²) in [6.45, 7) is -0.137. The van der Waals surface area contributed by atoms with Crippen LogP contribution in [-0.4, -0.2) is 18.2 Å². The van der Waals surface area contributed by atoms with E-state index in [1.54, 1.807) is 4.90 Å². The zero-order chi connectivity index (χ0) is 18.6. The topological polar surface area (TPSA) is 55.7 Å². The molecule has 0 aromatic heterocycles. The molecule has 0 bridgehead atoms. The van der Waals surface area contributed by atoms with Crippen molar-refractivity contribution in [3.8, 4) is 0 Å². The molecule has 1 radical (unpaired) electrons. The molecule has 2 heterocycles. The third-order valence-corrected chi connectivity index (χ3v) is 4.71. The maximum Gasteiger partial charge on any atom is 0.0669 e. The standard InChI is InChI=1S/C23H20N2O2.Y/c26-23(27)16-25-20(15-18-9-5-7-13-22(18)25)11-3-1-2-10-19-14-17-8-4-6-12-21(17)24-19;/h1-13H,14-16H2,(H,26,27);/p-1/b3-1+,10-2+,20-11+;. The van der Waals surface area contributed by atoms with Gasteiger partial charge in [0, 0.05) is 62.6 Å². The number of para-hydroxylation sites is 2. The molecule has 0 unspecified atom stereocenters. The van der Waals surface area contributed by atoms with E-state index in [1.165, 1.54) is 5.56 Å². The van der Waals surface area contributed by atoms with E-state index in [4.69, 9.17) is 0 Å². The Labute approximate surface area is 189 Å². The van der Waals surface area contributed by atoms with Gasteiger partial charge in [0.25, 0.3) is 0 Å². The van der Waals surface area contributed by atoms with Crippen molar-refractivity contribution in [1.82, 2.24) is 0 Å². The van der Waals surface area contributed by atoms with Gasteiger partial charge in [-0.05, 0) is 35.4 Å². The van der Waals surface area contributed by atoms with Crippen LogP contribution in [0.3, 0.4) is 0 Å². The van der Waals surface area contributed by atoms with Crippen molar-refractivity contribution >= 4 is 23.1 Å². The summed E-state index contributed by atoms with van der Waals surface area (Å²) in [5.41, 5.74) is 6.37. The van der Waals surface area contributed by atoms with E-state index in [9.17, 15) is 9.90 Å². The number of carbonyl (C=O) groups excluding carboxylic acids is 1. The molecule has 2 aliphatic heterocycles. The number of allylic oxidation sites excluding steroid dienone is 6. The number of hydrogen-bond acceptors (Lipinski definition) is 4. The van der Waals surface area contributed by atoms with Crippen molar-refractivity contribution in [3.63, 3.8) is 0 Å². The Hall–Kier alpha value is -2.30. The zero-order valence-electron chi connectivity index (χ0n) is 15.4. The number of carboxylic acid groups (broad SMARTS) is 1. The van der Waals surface area contributed by atoms with E-state index in [2.05, 4.69) is 11.1 Å². The third kappa shape index (κ3) is 4.57. The molecular weight excluding hydrogens is 425 g/mol. The Morgan fingerprint density at radius 3 is 2.54 bits per heavy atom. The molecule has 28 heavy (non-hydrogen) atoms. The van der Waals surface area contributed by atoms with Crippen molar-refractivity contribution in [1.29, 1.82) is 0 Å². The van der Waals surface area contributed by atoms with Crippen molar-refractivity contribution in [2.24, 2.45) is 4.99 Å². The summed E-state index contributed by atoms with van der Waals surface area (Å²) >= 11 is 0. The number of rotatable bonds is 5. The molecule has 0 atom stereocenters. The minimum Gasteiger partial charge on any atom is -0.548 e. The molecule has 4 nitrogen and oxygen atoms in total. The number of carbonyl (C=O) groups is 1. The van der Waals surface area contributed by atoms with Gasteiger partial charge in [0.2, 0.25) is 0 Å². The fourth-order valence-electron chi connectivity index (χ4n) is 3.49. The molecule has 0 fully saturated rings. The number of aliphatic imine (C=N–C) groups is 1. The van der Waals surface area contributed by atoms with Gasteiger partial charge >= 0.3 is 0 Å². The van der Waals surface area contributed by atoms with Gasteiger partial charge in [-0.15, -0.1) is 0 Å². The van der Waals surface area contributed by atoms with Crippen molar-refractivity contribution in [3.05, 3.63) is 95.7 Å². The molecule has 5 heteroatoms. The molecule has 0 aliphatic carbocycles. The molecule has 2 aromatic rings. The van der Waals surface area contributed by atoms with Gasteiger partial charge in [-0.2, -0.15) is 0 Å². The number of fused-ring (bicyclic) bond motifs is 2. The second kappa shape index (κ2) is 9.27. The monoisotopic (exact) mass is 444 g/mol. The quantitative estimate of drug-likeness (QED) is 0.667. The number of anilines is 1. The predicted octanol–water partition coefficient (Wildman–Crippen LogP) is 3.12. The largest absolute Gasteiger partial charge is 0.548 e. The number of nitrogens with zero attached hydrogens (tertiary/aromatic N) is 2. The molecule has 0 N–H and O–H groups in total. The fourth-order valence-corrected chi connectivity index (χ4v) is 3.49. The van der Waals surface area contributed by atoms with Crippen molar-refractivity contribution in [2.45, 2.75) is 12.8 Å². The fraction of sp³-hybridized carbons (Fsp3) is 0.130. The molecule has 2 aromatic carbocycles. The van der Waals surface area contributed by atoms with Gasteiger partial charge in [-0.3, -0.25) is 4.99 Å². The van der Waals surface area contributed by atoms with E-state index in [1.807, 2.05) is 72.8 Å². The van der Waals surface area contributed by atoms with Crippen LogP contribution in [-0.2, 0) is 50.3 Å². The minimum atomic E-state index is -1.08. The number of benzene rings is 2. The van der Waals surface area contributed by atoms with Gasteiger partial charge in [-0.1, -0.05) is 54.6 Å². The van der Waals surface area contributed by atoms with E-state index >= 15 is 0 Å².